The number of ketones is 3. The predicted octanol–water partition coefficient (Wildman–Crippen LogP) is 4.99. The third-order valence-electron chi connectivity index (χ3n) is 8.52. The number of nitrogens with one attached hydrogen (secondary N) is 2. The second-order valence-corrected chi connectivity index (χ2v) is 12.8. The molecule has 1 aromatic carbocycles. The number of hydrogen-bond acceptors (Lipinski definition) is 8. The lowest BCUT2D eigenvalue weighted by Gasteiger charge is -2.28. The van der Waals surface area contributed by atoms with Gasteiger partial charge in [-0.25, -0.2) is 0 Å². The Hall–Kier alpha value is -3.44. The van der Waals surface area contributed by atoms with E-state index in [9.17, 15) is 37.1 Å². The van der Waals surface area contributed by atoms with Gasteiger partial charge in [-0.05, 0) is 57.6 Å². The van der Waals surface area contributed by atoms with Crippen molar-refractivity contribution < 1.29 is 46.6 Å². The van der Waals surface area contributed by atoms with Gasteiger partial charge in [-0.15, -0.1) is 0 Å². The van der Waals surface area contributed by atoms with Gasteiger partial charge in [-0.3, -0.25) is 24.0 Å². The molecule has 2 aliphatic rings. The van der Waals surface area contributed by atoms with Crippen molar-refractivity contribution in [3.63, 3.8) is 0 Å². The number of rotatable bonds is 14. The highest BCUT2D eigenvalue weighted by atomic mass is 19.4. The van der Waals surface area contributed by atoms with E-state index in [-0.39, 0.29) is 30.3 Å². The fourth-order valence-corrected chi connectivity index (χ4v) is 5.66. The molecule has 244 valence electrons. The molecule has 1 aromatic rings. The number of fused-ring (bicyclic) bond motifs is 1. The van der Waals surface area contributed by atoms with Crippen LogP contribution in [0.4, 0.5) is 18.9 Å². The average molecular weight is 625 g/mol. The van der Waals surface area contributed by atoms with Crippen LogP contribution in [0.25, 0.3) is 0 Å². The number of hydrogen-bond donors (Lipinski definition) is 2. The molecule has 2 N–H and O–H groups in total. The number of carbonyl (C=O) groups is 5. The van der Waals surface area contributed by atoms with Crippen molar-refractivity contribution >= 4 is 34.9 Å². The van der Waals surface area contributed by atoms with Crippen LogP contribution in [0.5, 0.6) is 5.75 Å². The molecule has 0 aromatic heterocycles. The fourth-order valence-electron chi connectivity index (χ4n) is 5.66. The first kappa shape index (κ1) is 35.0. The van der Waals surface area contributed by atoms with Gasteiger partial charge in [0, 0.05) is 42.3 Å². The van der Waals surface area contributed by atoms with Gasteiger partial charge in [0.25, 0.3) is 0 Å². The van der Waals surface area contributed by atoms with E-state index in [0.717, 1.165) is 17.7 Å². The summed E-state index contributed by atoms with van der Waals surface area (Å²) in [6, 6.07) is 3.60. The lowest BCUT2D eigenvalue weighted by Crippen LogP contribution is -2.48. The summed E-state index contributed by atoms with van der Waals surface area (Å²) >= 11 is 0. The lowest BCUT2D eigenvalue weighted by atomic mass is 9.82. The number of esters is 1. The van der Waals surface area contributed by atoms with E-state index >= 15 is 0 Å². The van der Waals surface area contributed by atoms with E-state index < -0.39 is 59.8 Å². The van der Waals surface area contributed by atoms with Crippen LogP contribution in [0.1, 0.15) is 78.2 Å². The zero-order valence-electron chi connectivity index (χ0n) is 26.0. The normalized spacial score (nSPS) is 19.9. The van der Waals surface area contributed by atoms with Crippen LogP contribution in [-0.2, 0) is 35.1 Å². The SMILES string of the molecule is COc1cccc2c1CC(C(=O)C[C@@H](CC(C)C)C(=O)N[C@@H](C[C@@H]1CCCCC1=O)C(=O)COC(=O)C(C)(C)C(F)(F)F)N2. The lowest BCUT2D eigenvalue weighted by molar-refractivity contribution is -0.224. The number of benzene rings is 1. The third-order valence-corrected chi connectivity index (χ3v) is 8.52. The molecule has 0 radical (unpaired) electrons. The summed E-state index contributed by atoms with van der Waals surface area (Å²) in [5, 5.41) is 5.86. The number of anilines is 1. The van der Waals surface area contributed by atoms with Crippen LogP contribution in [-0.4, -0.2) is 61.2 Å². The minimum absolute atomic E-state index is 0.0204. The zero-order chi connectivity index (χ0) is 32.8. The monoisotopic (exact) mass is 624 g/mol. The van der Waals surface area contributed by atoms with Crippen molar-refractivity contribution in [1.82, 2.24) is 5.32 Å². The largest absolute Gasteiger partial charge is 0.496 e. The molecule has 0 bridgehead atoms. The van der Waals surface area contributed by atoms with Crippen molar-refractivity contribution in [3.05, 3.63) is 23.8 Å². The van der Waals surface area contributed by atoms with E-state index in [0.29, 0.717) is 51.7 Å². The number of ether oxygens (including phenoxy) is 2. The highest BCUT2D eigenvalue weighted by Crippen LogP contribution is 2.38. The molecule has 1 heterocycles. The summed E-state index contributed by atoms with van der Waals surface area (Å²) in [6.07, 6.45) is -2.05. The topological polar surface area (TPSA) is 128 Å². The molecule has 1 unspecified atom stereocenters. The van der Waals surface area contributed by atoms with Gasteiger partial charge in [0.2, 0.25) is 5.91 Å². The molecule has 0 spiro atoms. The van der Waals surface area contributed by atoms with Crippen molar-refractivity contribution in [3.8, 4) is 5.75 Å². The fraction of sp³-hybridized carbons (Fsp3) is 0.656. The van der Waals surface area contributed by atoms with E-state index in [2.05, 4.69) is 10.6 Å². The number of methoxy groups -OCH3 is 1. The predicted molar refractivity (Wildman–Crippen MR) is 156 cm³/mol. The minimum atomic E-state index is -4.90. The maximum Gasteiger partial charge on any atom is 0.404 e. The van der Waals surface area contributed by atoms with E-state index in [1.165, 1.54) is 0 Å². The zero-order valence-corrected chi connectivity index (χ0v) is 26.0. The summed E-state index contributed by atoms with van der Waals surface area (Å²) in [5.41, 5.74) is -1.20. The third kappa shape index (κ3) is 8.59. The van der Waals surface area contributed by atoms with Crippen molar-refractivity contribution in [2.45, 2.75) is 97.3 Å². The quantitative estimate of drug-likeness (QED) is 0.277. The first-order valence-electron chi connectivity index (χ1n) is 15.1. The van der Waals surface area contributed by atoms with E-state index in [1.807, 2.05) is 26.0 Å². The Bertz CT molecular complexity index is 1240. The first-order valence-corrected chi connectivity index (χ1v) is 15.1. The second kappa shape index (κ2) is 14.6. The Kier molecular flexibility index (Phi) is 11.6. The van der Waals surface area contributed by atoms with Gasteiger partial charge in [-0.2, -0.15) is 13.2 Å². The number of carbonyl (C=O) groups excluding carboxylic acids is 5. The van der Waals surface area contributed by atoms with Crippen LogP contribution in [0.2, 0.25) is 0 Å². The summed E-state index contributed by atoms with van der Waals surface area (Å²) in [5.74, 6) is -3.94. The molecule has 12 heteroatoms. The molecule has 1 amide bonds. The number of alkyl halides is 3. The number of halogens is 3. The number of Topliss-reactive ketones (excluding diaryl/α,β-unsaturated/α-hetero) is 3. The molecule has 44 heavy (non-hydrogen) atoms. The highest BCUT2D eigenvalue weighted by molar-refractivity contribution is 5.96. The maximum atomic E-state index is 13.6. The molecule has 9 nitrogen and oxygen atoms in total. The number of amides is 1. The van der Waals surface area contributed by atoms with Gasteiger partial charge >= 0.3 is 12.1 Å². The van der Waals surface area contributed by atoms with Crippen molar-refractivity contribution in [2.75, 3.05) is 19.0 Å². The summed E-state index contributed by atoms with van der Waals surface area (Å²) in [4.78, 5) is 65.0. The van der Waals surface area contributed by atoms with Gasteiger partial charge in [0.05, 0.1) is 19.2 Å². The maximum absolute atomic E-state index is 13.6. The Balaban J connectivity index is 1.74. The van der Waals surface area contributed by atoms with Crippen LogP contribution in [0, 0.1) is 23.2 Å². The van der Waals surface area contributed by atoms with Crippen LogP contribution in [0.3, 0.4) is 0 Å². The summed E-state index contributed by atoms with van der Waals surface area (Å²) in [6.45, 7) is 4.10. The Morgan fingerprint density at radius 3 is 2.43 bits per heavy atom. The van der Waals surface area contributed by atoms with Crippen LogP contribution >= 0.6 is 0 Å². The molecule has 0 saturated heterocycles. The van der Waals surface area contributed by atoms with Gasteiger partial charge in [0.1, 0.15) is 11.5 Å². The first-order chi connectivity index (χ1) is 20.5. The molecule has 1 aliphatic heterocycles. The smallest absolute Gasteiger partial charge is 0.404 e. The molecule has 1 aliphatic carbocycles. The minimum Gasteiger partial charge on any atom is -0.496 e. The molecule has 3 rings (SSSR count). The van der Waals surface area contributed by atoms with E-state index in [1.54, 1.807) is 13.2 Å². The van der Waals surface area contributed by atoms with Gasteiger partial charge in [0.15, 0.2) is 23.6 Å². The highest BCUT2D eigenvalue weighted by Gasteiger charge is 2.54. The average Bonchev–Trinajstić information content (AvgIpc) is 3.40. The van der Waals surface area contributed by atoms with Gasteiger partial charge < -0.3 is 20.1 Å². The van der Waals surface area contributed by atoms with Gasteiger partial charge in [-0.1, -0.05) is 26.3 Å². The molecule has 1 fully saturated rings. The second-order valence-electron chi connectivity index (χ2n) is 12.8. The van der Waals surface area contributed by atoms with E-state index in [4.69, 9.17) is 9.47 Å². The van der Waals surface area contributed by atoms with Crippen LogP contribution < -0.4 is 15.4 Å². The Morgan fingerprint density at radius 1 is 1.11 bits per heavy atom. The summed E-state index contributed by atoms with van der Waals surface area (Å²) in [7, 11) is 1.55. The van der Waals surface area contributed by atoms with Crippen molar-refractivity contribution in [1.29, 1.82) is 0 Å². The van der Waals surface area contributed by atoms with Crippen molar-refractivity contribution in [2.24, 2.45) is 23.2 Å². The Morgan fingerprint density at radius 2 is 1.82 bits per heavy atom. The molecule has 4 atom stereocenters. The molecular formula is C32H43F3N2O7. The summed E-state index contributed by atoms with van der Waals surface area (Å²) < 4.78 is 50.1. The molecular weight excluding hydrogens is 581 g/mol. The van der Waals surface area contributed by atoms with Crippen LogP contribution in [0.15, 0.2) is 18.2 Å². The molecule has 1 saturated carbocycles. The Labute approximate surface area is 256 Å². The standard InChI is InChI=1S/C32H43F3N2O7/c1-18(2)13-20(15-26(39)24-16-21-22(36-24)10-8-12-28(21)43-5)29(41)37-23(14-19-9-6-7-11-25(19)38)27(40)17-44-30(42)31(3,4)32(33,34)35/h8,10,12,18-20,23-24,36H,6-7,9,11,13-17H2,1-5H3,(H,37,41)/t19-,20+,23-,24?/m0/s1.